The van der Waals surface area contributed by atoms with Crippen molar-refractivity contribution in [3.05, 3.63) is 5.82 Å². The van der Waals surface area contributed by atoms with Gasteiger partial charge in [-0.1, -0.05) is 25.9 Å². The molecule has 1 unspecified atom stereocenters. The average Bonchev–Trinajstić information content (AvgIpc) is 2.85. The van der Waals surface area contributed by atoms with Gasteiger partial charge in [0.05, 0.1) is 0 Å². The predicted octanol–water partition coefficient (Wildman–Crippen LogP) is 1.44. The number of hydrogen-bond donors (Lipinski definition) is 1. The molecule has 2 rings (SSSR count). The third-order valence-electron chi connectivity index (χ3n) is 2.41. The largest absolute Gasteiger partial charge is 0.379 e. The first kappa shape index (κ1) is 12.5. The van der Waals surface area contributed by atoms with Crippen LogP contribution in [0.3, 0.4) is 0 Å². The van der Waals surface area contributed by atoms with E-state index in [0.717, 1.165) is 0 Å². The summed E-state index contributed by atoms with van der Waals surface area (Å²) in [7, 11) is 1.60. The summed E-state index contributed by atoms with van der Waals surface area (Å²) >= 11 is 0. The average molecular weight is 253 g/mol. The molecule has 0 spiro atoms. The van der Waals surface area contributed by atoms with Crippen LogP contribution in [0.4, 0.5) is 5.82 Å². The number of nitrogen functional groups attached to an aromatic ring is 1. The molecule has 0 amide bonds. The van der Waals surface area contributed by atoms with Crippen LogP contribution in [-0.4, -0.2) is 27.6 Å². The molecule has 0 aromatic carbocycles. The minimum absolute atomic E-state index is 0.106. The molecule has 2 aromatic heterocycles. The number of anilines is 1. The highest BCUT2D eigenvalue weighted by molar-refractivity contribution is 5.60. The molecule has 0 aliphatic rings. The standard InChI is InChI=1S/C10H15N5O3/c1-10(2,3)6(16-4)8-12-9(17-15-8)5-7(11)14-18-13-5/h6H,1-4H3,(H2,11,14). The number of rotatable bonds is 3. The minimum atomic E-state index is -0.295. The van der Waals surface area contributed by atoms with Crippen LogP contribution in [0.25, 0.3) is 11.6 Å². The number of methoxy groups -OCH3 is 1. The van der Waals surface area contributed by atoms with Crippen LogP contribution in [0.2, 0.25) is 0 Å². The van der Waals surface area contributed by atoms with E-state index in [1.165, 1.54) is 0 Å². The summed E-state index contributed by atoms with van der Waals surface area (Å²) in [6.45, 7) is 6.05. The Hall–Kier alpha value is -1.96. The summed E-state index contributed by atoms with van der Waals surface area (Å²) in [4.78, 5) is 4.21. The van der Waals surface area contributed by atoms with Gasteiger partial charge in [0.1, 0.15) is 6.10 Å². The van der Waals surface area contributed by atoms with Gasteiger partial charge in [-0.05, 0) is 15.7 Å². The molecule has 0 saturated carbocycles. The maximum atomic E-state index is 5.55. The van der Waals surface area contributed by atoms with Crippen molar-refractivity contribution in [3.8, 4) is 11.6 Å². The molecule has 1 atom stereocenters. The molecular formula is C10H15N5O3. The highest BCUT2D eigenvalue weighted by atomic mass is 16.6. The number of nitrogens with zero attached hydrogens (tertiary/aromatic N) is 4. The number of aromatic nitrogens is 4. The van der Waals surface area contributed by atoms with Crippen LogP contribution in [0.5, 0.6) is 0 Å². The number of hydrogen-bond acceptors (Lipinski definition) is 8. The SMILES string of the molecule is COC(c1noc(-c2nonc2N)n1)C(C)(C)C. The Labute approximate surface area is 103 Å². The Morgan fingerprint density at radius 3 is 2.44 bits per heavy atom. The van der Waals surface area contributed by atoms with Crippen molar-refractivity contribution >= 4 is 5.82 Å². The van der Waals surface area contributed by atoms with Crippen LogP contribution < -0.4 is 5.73 Å². The molecule has 8 heteroatoms. The lowest BCUT2D eigenvalue weighted by molar-refractivity contribution is 0.00718. The van der Waals surface area contributed by atoms with Crippen molar-refractivity contribution < 1.29 is 13.9 Å². The first-order valence-corrected chi connectivity index (χ1v) is 5.38. The molecule has 0 aliphatic heterocycles. The lowest BCUT2D eigenvalue weighted by atomic mass is 9.88. The van der Waals surface area contributed by atoms with E-state index in [4.69, 9.17) is 15.0 Å². The lowest BCUT2D eigenvalue weighted by Crippen LogP contribution is -2.21. The molecule has 0 radical (unpaired) electrons. The van der Waals surface area contributed by atoms with Crippen LogP contribution in [0, 0.1) is 5.41 Å². The molecule has 8 nitrogen and oxygen atoms in total. The molecule has 18 heavy (non-hydrogen) atoms. The van der Waals surface area contributed by atoms with Crippen LogP contribution in [0.15, 0.2) is 9.15 Å². The Kier molecular flexibility index (Phi) is 3.04. The van der Waals surface area contributed by atoms with Gasteiger partial charge in [-0.15, -0.1) is 0 Å². The van der Waals surface area contributed by atoms with Gasteiger partial charge >= 0.3 is 0 Å². The van der Waals surface area contributed by atoms with Crippen LogP contribution >= 0.6 is 0 Å². The maximum Gasteiger partial charge on any atom is 0.284 e. The summed E-state index contributed by atoms with van der Waals surface area (Å²) in [5.41, 5.74) is 5.62. The van der Waals surface area contributed by atoms with Crippen molar-refractivity contribution in [2.75, 3.05) is 12.8 Å². The quantitative estimate of drug-likeness (QED) is 0.873. The normalized spacial score (nSPS) is 13.8. The number of ether oxygens (including phenoxy) is 1. The van der Waals surface area contributed by atoms with E-state index < -0.39 is 0 Å². The fourth-order valence-electron chi connectivity index (χ4n) is 1.63. The van der Waals surface area contributed by atoms with Gasteiger partial charge < -0.3 is 15.0 Å². The Morgan fingerprint density at radius 2 is 1.94 bits per heavy atom. The monoisotopic (exact) mass is 253 g/mol. The highest BCUT2D eigenvalue weighted by Gasteiger charge is 2.31. The zero-order chi connectivity index (χ0) is 13.3. The summed E-state index contributed by atoms with van der Waals surface area (Å²) in [5, 5.41) is 10.9. The van der Waals surface area contributed by atoms with Gasteiger partial charge in [-0.25, -0.2) is 4.63 Å². The van der Waals surface area contributed by atoms with Crippen molar-refractivity contribution in [3.63, 3.8) is 0 Å². The van der Waals surface area contributed by atoms with E-state index in [1.807, 2.05) is 20.8 Å². The summed E-state index contributed by atoms with van der Waals surface area (Å²) in [6, 6.07) is 0. The first-order valence-electron chi connectivity index (χ1n) is 5.38. The lowest BCUT2D eigenvalue weighted by Gasteiger charge is -2.26. The first-order chi connectivity index (χ1) is 8.43. The van der Waals surface area contributed by atoms with E-state index in [0.29, 0.717) is 5.82 Å². The summed E-state index contributed by atoms with van der Waals surface area (Å²) in [6.07, 6.45) is -0.295. The smallest absolute Gasteiger partial charge is 0.284 e. The fraction of sp³-hybridized carbons (Fsp3) is 0.600. The van der Waals surface area contributed by atoms with Gasteiger partial charge in [0.25, 0.3) is 5.89 Å². The van der Waals surface area contributed by atoms with E-state index in [-0.39, 0.29) is 28.9 Å². The number of nitrogens with two attached hydrogens (primary N) is 1. The fourth-order valence-corrected chi connectivity index (χ4v) is 1.63. The van der Waals surface area contributed by atoms with Crippen molar-refractivity contribution in [1.29, 1.82) is 0 Å². The van der Waals surface area contributed by atoms with Crippen molar-refractivity contribution in [2.24, 2.45) is 5.41 Å². The Morgan fingerprint density at radius 1 is 1.22 bits per heavy atom. The molecule has 2 heterocycles. The second-order valence-corrected chi connectivity index (χ2v) is 4.94. The van der Waals surface area contributed by atoms with Gasteiger partial charge in [0.15, 0.2) is 0 Å². The molecule has 2 aromatic rings. The van der Waals surface area contributed by atoms with Gasteiger partial charge in [0, 0.05) is 7.11 Å². The Balaban J connectivity index is 2.33. The minimum Gasteiger partial charge on any atom is -0.379 e. The van der Waals surface area contributed by atoms with Gasteiger partial charge in [-0.3, -0.25) is 0 Å². The van der Waals surface area contributed by atoms with E-state index in [9.17, 15) is 0 Å². The van der Waals surface area contributed by atoms with Crippen molar-refractivity contribution in [2.45, 2.75) is 26.9 Å². The molecule has 0 fully saturated rings. The third kappa shape index (κ3) is 2.19. The van der Waals surface area contributed by atoms with Crippen LogP contribution in [0.1, 0.15) is 32.7 Å². The molecule has 2 N–H and O–H groups in total. The zero-order valence-electron chi connectivity index (χ0n) is 10.7. The molecule has 0 aliphatic carbocycles. The highest BCUT2D eigenvalue weighted by Crippen LogP contribution is 2.34. The second-order valence-electron chi connectivity index (χ2n) is 4.94. The molecule has 0 saturated heterocycles. The predicted molar refractivity (Wildman–Crippen MR) is 61.2 cm³/mol. The van der Waals surface area contributed by atoms with Crippen LogP contribution in [-0.2, 0) is 4.74 Å². The maximum absolute atomic E-state index is 5.55. The molecule has 0 bridgehead atoms. The molecular weight excluding hydrogens is 238 g/mol. The van der Waals surface area contributed by atoms with Gasteiger partial charge in [0.2, 0.25) is 17.3 Å². The topological polar surface area (TPSA) is 113 Å². The third-order valence-corrected chi connectivity index (χ3v) is 2.41. The second kappa shape index (κ2) is 4.37. The van der Waals surface area contributed by atoms with E-state index in [1.54, 1.807) is 7.11 Å². The Bertz CT molecular complexity index is 528. The van der Waals surface area contributed by atoms with Crippen molar-refractivity contribution in [1.82, 2.24) is 20.5 Å². The van der Waals surface area contributed by atoms with Gasteiger partial charge in [-0.2, -0.15) is 4.98 Å². The van der Waals surface area contributed by atoms with E-state index in [2.05, 4.69) is 25.1 Å². The summed E-state index contributed by atoms with van der Waals surface area (Å²) in [5.74, 6) is 0.701. The summed E-state index contributed by atoms with van der Waals surface area (Å²) < 4.78 is 14.9. The molecule has 98 valence electrons. The zero-order valence-corrected chi connectivity index (χ0v) is 10.7. The van der Waals surface area contributed by atoms with E-state index >= 15 is 0 Å².